The second-order valence-corrected chi connectivity index (χ2v) is 4.98. The van der Waals surface area contributed by atoms with Gasteiger partial charge in [0.05, 0.1) is 12.7 Å². The highest BCUT2D eigenvalue weighted by atomic mass is 19.4. The van der Waals surface area contributed by atoms with Crippen LogP contribution in [0.25, 0.3) is 0 Å². The van der Waals surface area contributed by atoms with Gasteiger partial charge in [-0.3, -0.25) is 0 Å². The van der Waals surface area contributed by atoms with Crippen LogP contribution in [0.5, 0.6) is 5.75 Å². The van der Waals surface area contributed by atoms with E-state index in [1.165, 1.54) is 20.0 Å². The summed E-state index contributed by atoms with van der Waals surface area (Å²) >= 11 is 0. The van der Waals surface area contributed by atoms with Gasteiger partial charge in [-0.1, -0.05) is 12.8 Å². The van der Waals surface area contributed by atoms with Gasteiger partial charge in [-0.05, 0) is 30.9 Å². The number of anilines is 1. The molecular formula is C14H18F3NO. The third-order valence-corrected chi connectivity index (χ3v) is 3.54. The Labute approximate surface area is 111 Å². The number of ether oxygens (including phenoxy) is 1. The average Bonchev–Trinajstić information content (AvgIpc) is 2.88. The van der Waals surface area contributed by atoms with Crippen LogP contribution in [0.2, 0.25) is 0 Å². The van der Waals surface area contributed by atoms with E-state index in [1.807, 2.05) is 0 Å². The van der Waals surface area contributed by atoms with Crippen molar-refractivity contribution in [2.75, 3.05) is 19.0 Å². The van der Waals surface area contributed by atoms with E-state index >= 15 is 0 Å². The molecule has 1 aromatic rings. The van der Waals surface area contributed by atoms with Gasteiger partial charge in [0.25, 0.3) is 0 Å². The van der Waals surface area contributed by atoms with Gasteiger partial charge >= 0.3 is 6.18 Å². The molecule has 0 radical (unpaired) electrons. The van der Waals surface area contributed by atoms with Crippen LogP contribution in [-0.4, -0.2) is 13.7 Å². The molecule has 0 saturated heterocycles. The van der Waals surface area contributed by atoms with Crippen LogP contribution < -0.4 is 10.1 Å². The zero-order valence-electron chi connectivity index (χ0n) is 10.9. The molecule has 2 nitrogen and oxygen atoms in total. The van der Waals surface area contributed by atoms with Crippen molar-refractivity contribution in [1.82, 2.24) is 0 Å². The van der Waals surface area contributed by atoms with Crippen molar-refractivity contribution in [2.45, 2.75) is 31.9 Å². The Morgan fingerprint density at radius 1 is 1.21 bits per heavy atom. The number of alkyl halides is 3. The van der Waals surface area contributed by atoms with Crippen molar-refractivity contribution in [3.05, 3.63) is 23.8 Å². The zero-order chi connectivity index (χ0) is 13.9. The van der Waals surface area contributed by atoms with E-state index < -0.39 is 11.7 Å². The van der Waals surface area contributed by atoms with E-state index in [9.17, 15) is 13.2 Å². The van der Waals surface area contributed by atoms with Crippen LogP contribution in [0.3, 0.4) is 0 Å². The van der Waals surface area contributed by atoms with Crippen LogP contribution in [0, 0.1) is 5.92 Å². The Bertz CT molecular complexity index is 425. The molecule has 0 unspecified atom stereocenters. The molecule has 1 aliphatic carbocycles. The van der Waals surface area contributed by atoms with Gasteiger partial charge in [-0.25, -0.2) is 0 Å². The molecule has 106 valence electrons. The van der Waals surface area contributed by atoms with E-state index in [1.54, 1.807) is 6.07 Å². The number of hydrogen-bond donors (Lipinski definition) is 1. The van der Waals surface area contributed by atoms with Crippen molar-refractivity contribution in [3.8, 4) is 5.75 Å². The SMILES string of the molecule is COc1cc(NCC2CCCC2)cc(C(F)(F)F)c1. The van der Waals surface area contributed by atoms with Crippen molar-refractivity contribution in [2.24, 2.45) is 5.92 Å². The summed E-state index contributed by atoms with van der Waals surface area (Å²) in [7, 11) is 1.37. The molecule has 1 aromatic carbocycles. The molecule has 0 bridgehead atoms. The molecule has 5 heteroatoms. The summed E-state index contributed by atoms with van der Waals surface area (Å²) in [6.07, 6.45) is 0.404. The first kappa shape index (κ1) is 14.0. The monoisotopic (exact) mass is 273 g/mol. The summed E-state index contributed by atoms with van der Waals surface area (Å²) in [5.41, 5.74) is -0.209. The summed E-state index contributed by atoms with van der Waals surface area (Å²) in [6, 6.07) is 3.75. The lowest BCUT2D eigenvalue weighted by molar-refractivity contribution is -0.137. The van der Waals surface area contributed by atoms with Crippen molar-refractivity contribution in [3.63, 3.8) is 0 Å². The molecule has 1 aliphatic rings. The summed E-state index contributed by atoms with van der Waals surface area (Å²) in [5.74, 6) is 0.796. The van der Waals surface area contributed by atoms with Gasteiger partial charge in [0.1, 0.15) is 5.75 Å². The van der Waals surface area contributed by atoms with Crippen LogP contribution in [0.15, 0.2) is 18.2 Å². The van der Waals surface area contributed by atoms with Gasteiger partial charge in [-0.15, -0.1) is 0 Å². The van der Waals surface area contributed by atoms with Gasteiger partial charge in [0.2, 0.25) is 0 Å². The van der Waals surface area contributed by atoms with Crippen molar-refractivity contribution < 1.29 is 17.9 Å². The Hall–Kier alpha value is -1.39. The van der Waals surface area contributed by atoms with Crippen molar-refractivity contribution >= 4 is 5.69 Å². The molecule has 0 aromatic heterocycles. The van der Waals surface area contributed by atoms with Crippen LogP contribution in [0.1, 0.15) is 31.2 Å². The molecule has 0 spiro atoms. The number of rotatable bonds is 4. The van der Waals surface area contributed by atoms with Gasteiger partial charge in [-0.2, -0.15) is 13.2 Å². The smallest absolute Gasteiger partial charge is 0.416 e. The minimum absolute atomic E-state index is 0.226. The Balaban J connectivity index is 2.10. The lowest BCUT2D eigenvalue weighted by Gasteiger charge is -2.15. The fraction of sp³-hybridized carbons (Fsp3) is 0.571. The minimum atomic E-state index is -4.35. The average molecular weight is 273 g/mol. The van der Waals surface area contributed by atoms with E-state index in [2.05, 4.69) is 5.32 Å². The number of methoxy groups -OCH3 is 1. The number of benzene rings is 1. The van der Waals surface area contributed by atoms with Gasteiger partial charge < -0.3 is 10.1 Å². The molecule has 19 heavy (non-hydrogen) atoms. The second kappa shape index (κ2) is 5.72. The first-order chi connectivity index (χ1) is 8.99. The Morgan fingerprint density at radius 3 is 2.47 bits per heavy atom. The summed E-state index contributed by atoms with van der Waals surface area (Å²) < 4.78 is 43.1. The van der Waals surface area contributed by atoms with Crippen LogP contribution in [-0.2, 0) is 6.18 Å². The van der Waals surface area contributed by atoms with E-state index in [0.717, 1.165) is 31.5 Å². The van der Waals surface area contributed by atoms with E-state index in [4.69, 9.17) is 4.74 Å². The molecule has 0 heterocycles. The zero-order valence-corrected chi connectivity index (χ0v) is 10.9. The summed E-state index contributed by atoms with van der Waals surface area (Å²) in [4.78, 5) is 0. The minimum Gasteiger partial charge on any atom is -0.497 e. The normalized spacial score (nSPS) is 16.6. The first-order valence-corrected chi connectivity index (χ1v) is 6.49. The number of hydrogen-bond acceptors (Lipinski definition) is 2. The summed E-state index contributed by atoms with van der Waals surface area (Å²) in [5, 5.41) is 3.09. The molecule has 1 fully saturated rings. The topological polar surface area (TPSA) is 21.3 Å². The number of nitrogens with one attached hydrogen (secondary N) is 1. The molecule has 0 amide bonds. The maximum atomic E-state index is 12.7. The van der Waals surface area contributed by atoms with Crippen molar-refractivity contribution in [1.29, 1.82) is 0 Å². The maximum absolute atomic E-state index is 12.7. The largest absolute Gasteiger partial charge is 0.497 e. The molecule has 1 N–H and O–H groups in total. The molecule has 0 aliphatic heterocycles. The molecular weight excluding hydrogens is 255 g/mol. The first-order valence-electron chi connectivity index (χ1n) is 6.49. The maximum Gasteiger partial charge on any atom is 0.416 e. The Morgan fingerprint density at radius 2 is 1.89 bits per heavy atom. The fourth-order valence-electron chi connectivity index (χ4n) is 2.46. The molecule has 1 saturated carbocycles. The van der Waals surface area contributed by atoms with Gasteiger partial charge in [0, 0.05) is 18.3 Å². The Kier molecular flexibility index (Phi) is 4.22. The predicted molar refractivity (Wildman–Crippen MR) is 68.4 cm³/mol. The number of halogens is 3. The highest BCUT2D eigenvalue weighted by molar-refractivity contribution is 5.52. The lowest BCUT2D eigenvalue weighted by Crippen LogP contribution is -2.12. The summed E-state index contributed by atoms with van der Waals surface area (Å²) in [6.45, 7) is 0.727. The van der Waals surface area contributed by atoms with Crippen LogP contribution >= 0.6 is 0 Å². The quantitative estimate of drug-likeness (QED) is 0.882. The van der Waals surface area contributed by atoms with Crippen LogP contribution in [0.4, 0.5) is 18.9 Å². The molecule has 0 atom stereocenters. The third-order valence-electron chi connectivity index (χ3n) is 3.54. The van der Waals surface area contributed by atoms with E-state index in [0.29, 0.717) is 11.6 Å². The highest BCUT2D eigenvalue weighted by Gasteiger charge is 2.31. The fourth-order valence-corrected chi connectivity index (χ4v) is 2.46. The predicted octanol–water partition coefficient (Wildman–Crippen LogP) is 4.32. The lowest BCUT2D eigenvalue weighted by atomic mass is 10.1. The third kappa shape index (κ3) is 3.78. The molecule has 2 rings (SSSR count). The standard InChI is InChI=1S/C14H18F3NO/c1-19-13-7-11(14(15,16)17)6-12(8-13)18-9-10-4-2-3-5-10/h6-8,10,18H,2-5,9H2,1H3. The van der Waals surface area contributed by atoms with E-state index in [-0.39, 0.29) is 5.75 Å². The second-order valence-electron chi connectivity index (χ2n) is 4.98. The highest BCUT2D eigenvalue weighted by Crippen LogP contribution is 2.34. The van der Waals surface area contributed by atoms with Gasteiger partial charge in [0.15, 0.2) is 0 Å².